The van der Waals surface area contributed by atoms with Crippen molar-refractivity contribution < 1.29 is 22.8 Å². The van der Waals surface area contributed by atoms with Crippen LogP contribution in [0.3, 0.4) is 0 Å². The van der Waals surface area contributed by atoms with Gasteiger partial charge in [-0.05, 0) is 36.6 Å². The van der Waals surface area contributed by atoms with Crippen molar-refractivity contribution in [1.29, 1.82) is 0 Å². The number of sulfonamides is 1. The normalized spacial score (nSPS) is 14.4. The first kappa shape index (κ1) is 22.5. The summed E-state index contributed by atoms with van der Waals surface area (Å²) in [5.74, 6) is -0.939. The average Bonchev–Trinajstić information content (AvgIpc) is 2.93. The predicted molar refractivity (Wildman–Crippen MR) is 116 cm³/mol. The van der Waals surface area contributed by atoms with E-state index in [0.717, 1.165) is 4.31 Å². The van der Waals surface area contributed by atoms with Crippen molar-refractivity contribution in [2.24, 2.45) is 5.92 Å². The van der Waals surface area contributed by atoms with Gasteiger partial charge in [-0.2, -0.15) is 0 Å². The summed E-state index contributed by atoms with van der Waals surface area (Å²) >= 11 is 0. The zero-order valence-electron chi connectivity index (χ0n) is 17.4. The van der Waals surface area contributed by atoms with Crippen molar-refractivity contribution >= 4 is 33.4 Å². The minimum absolute atomic E-state index is 0.00239. The molecule has 0 atom stereocenters. The number of benzene rings is 2. The van der Waals surface area contributed by atoms with E-state index in [4.69, 9.17) is 0 Å². The number of nitrogens with one attached hydrogen (secondary N) is 2. The Kier molecular flexibility index (Phi) is 6.74. The maximum atomic E-state index is 12.6. The molecule has 31 heavy (non-hydrogen) atoms. The smallest absolute Gasteiger partial charge is 0.269 e. The van der Waals surface area contributed by atoms with Gasteiger partial charge in [0.25, 0.3) is 21.8 Å². The molecule has 2 N–H and O–H groups in total. The van der Waals surface area contributed by atoms with Crippen LogP contribution in [0.2, 0.25) is 0 Å². The molecule has 3 amide bonds. The number of carbonyl (C=O) groups is 3. The molecule has 1 heterocycles. The fourth-order valence-corrected chi connectivity index (χ4v) is 4.84. The Bertz CT molecular complexity index is 1110. The number of carbonyl (C=O) groups excluding carboxylic acids is 3. The van der Waals surface area contributed by atoms with E-state index >= 15 is 0 Å². The molecule has 1 aliphatic rings. The third-order valence-corrected chi connectivity index (χ3v) is 6.63. The summed E-state index contributed by atoms with van der Waals surface area (Å²) in [4.78, 5) is 37.2. The van der Waals surface area contributed by atoms with E-state index in [1.54, 1.807) is 36.4 Å². The van der Waals surface area contributed by atoms with Crippen LogP contribution in [0.1, 0.15) is 47.4 Å². The first-order valence-corrected chi connectivity index (χ1v) is 11.5. The summed E-state index contributed by atoms with van der Waals surface area (Å²) in [5.41, 5.74) is 0.878. The molecule has 3 rings (SSSR count). The van der Waals surface area contributed by atoms with Crippen LogP contribution in [-0.2, 0) is 14.8 Å². The number of para-hydroxylation sites is 1. The van der Waals surface area contributed by atoms with Crippen LogP contribution in [0.15, 0.2) is 53.4 Å². The zero-order chi connectivity index (χ0) is 22.6. The number of nitrogens with zero attached hydrogens (tertiary/aromatic N) is 1. The standard InChI is InChI=1S/C22H25N3O5S/c1-15(2)14-23-21(27)16-8-3-5-10-18(16)24-20(26)12-7-13-25-22(28)17-9-4-6-11-19(17)31(25,29)30/h3-6,8-11,15H,7,12-14H2,1-2H3,(H,23,27)(H,24,26). The average molecular weight is 444 g/mol. The second-order valence-electron chi connectivity index (χ2n) is 7.68. The minimum Gasteiger partial charge on any atom is -0.352 e. The highest BCUT2D eigenvalue weighted by atomic mass is 32.2. The third-order valence-electron chi connectivity index (χ3n) is 4.79. The number of amides is 3. The van der Waals surface area contributed by atoms with Crippen LogP contribution in [0, 0.1) is 5.92 Å². The van der Waals surface area contributed by atoms with Crippen LogP contribution in [-0.4, -0.2) is 43.5 Å². The minimum atomic E-state index is -3.88. The van der Waals surface area contributed by atoms with Crippen molar-refractivity contribution in [3.8, 4) is 0 Å². The highest BCUT2D eigenvalue weighted by Gasteiger charge is 2.40. The van der Waals surface area contributed by atoms with Gasteiger partial charge in [0.15, 0.2) is 0 Å². The lowest BCUT2D eigenvalue weighted by Gasteiger charge is -2.15. The van der Waals surface area contributed by atoms with Crippen LogP contribution in [0.25, 0.3) is 0 Å². The van der Waals surface area contributed by atoms with E-state index in [1.807, 2.05) is 13.8 Å². The Morgan fingerprint density at radius 3 is 2.42 bits per heavy atom. The first-order chi connectivity index (χ1) is 14.7. The second-order valence-corrected chi connectivity index (χ2v) is 9.51. The quantitative estimate of drug-likeness (QED) is 0.651. The van der Waals surface area contributed by atoms with Gasteiger partial charge in [0.05, 0.1) is 16.8 Å². The van der Waals surface area contributed by atoms with Gasteiger partial charge < -0.3 is 10.6 Å². The van der Waals surface area contributed by atoms with Gasteiger partial charge in [-0.3, -0.25) is 14.4 Å². The van der Waals surface area contributed by atoms with Crippen molar-refractivity contribution in [2.45, 2.75) is 31.6 Å². The lowest BCUT2D eigenvalue weighted by Crippen LogP contribution is -2.31. The zero-order valence-corrected chi connectivity index (χ0v) is 18.2. The van der Waals surface area contributed by atoms with Gasteiger partial charge in [0.2, 0.25) is 5.91 Å². The Balaban J connectivity index is 1.59. The van der Waals surface area contributed by atoms with Crippen molar-refractivity contribution in [3.05, 3.63) is 59.7 Å². The molecule has 0 saturated heterocycles. The highest BCUT2D eigenvalue weighted by molar-refractivity contribution is 7.90. The van der Waals surface area contributed by atoms with Gasteiger partial charge in [0, 0.05) is 19.5 Å². The van der Waals surface area contributed by atoms with Crippen LogP contribution in [0.5, 0.6) is 0 Å². The van der Waals surface area contributed by atoms with Crippen LogP contribution >= 0.6 is 0 Å². The topological polar surface area (TPSA) is 113 Å². The molecule has 2 aromatic rings. The summed E-state index contributed by atoms with van der Waals surface area (Å²) in [6.07, 6.45) is 0.157. The van der Waals surface area contributed by atoms with E-state index in [-0.39, 0.29) is 41.7 Å². The summed E-state index contributed by atoms with van der Waals surface area (Å²) in [6, 6.07) is 12.7. The molecule has 0 saturated carbocycles. The van der Waals surface area contributed by atoms with Crippen molar-refractivity contribution in [3.63, 3.8) is 0 Å². The third kappa shape index (κ3) is 4.93. The van der Waals surface area contributed by atoms with Gasteiger partial charge in [-0.15, -0.1) is 0 Å². The number of anilines is 1. The van der Waals surface area contributed by atoms with E-state index in [1.165, 1.54) is 12.1 Å². The molecule has 0 radical (unpaired) electrons. The van der Waals surface area contributed by atoms with Crippen LogP contribution in [0.4, 0.5) is 5.69 Å². The van der Waals surface area contributed by atoms with E-state index < -0.39 is 15.9 Å². The summed E-state index contributed by atoms with van der Waals surface area (Å²) in [5, 5.41) is 5.51. The largest absolute Gasteiger partial charge is 0.352 e. The SMILES string of the molecule is CC(C)CNC(=O)c1ccccc1NC(=O)CCCN1C(=O)c2ccccc2S1(=O)=O. The van der Waals surface area contributed by atoms with Gasteiger partial charge in [-0.25, -0.2) is 12.7 Å². The van der Waals surface area contributed by atoms with E-state index in [9.17, 15) is 22.8 Å². The fourth-order valence-electron chi connectivity index (χ4n) is 3.23. The molecule has 164 valence electrons. The Morgan fingerprint density at radius 2 is 1.71 bits per heavy atom. The van der Waals surface area contributed by atoms with E-state index in [2.05, 4.69) is 10.6 Å². The fraction of sp³-hybridized carbons (Fsp3) is 0.318. The summed E-state index contributed by atoms with van der Waals surface area (Å²) in [7, 11) is -3.88. The van der Waals surface area contributed by atoms with Gasteiger partial charge in [-0.1, -0.05) is 38.1 Å². The predicted octanol–water partition coefficient (Wildman–Crippen LogP) is 2.64. The number of hydrogen-bond acceptors (Lipinski definition) is 5. The molecule has 0 aliphatic carbocycles. The maximum absolute atomic E-state index is 12.6. The molecule has 0 aromatic heterocycles. The molecular weight excluding hydrogens is 418 g/mol. The molecule has 0 bridgehead atoms. The molecule has 8 nitrogen and oxygen atoms in total. The lowest BCUT2D eigenvalue weighted by molar-refractivity contribution is -0.116. The molecule has 0 unspecified atom stereocenters. The maximum Gasteiger partial charge on any atom is 0.269 e. The Morgan fingerprint density at radius 1 is 1.03 bits per heavy atom. The number of hydrogen-bond donors (Lipinski definition) is 2. The monoisotopic (exact) mass is 443 g/mol. The van der Waals surface area contributed by atoms with E-state index in [0.29, 0.717) is 23.7 Å². The molecular formula is C22H25N3O5S. The van der Waals surface area contributed by atoms with Crippen LogP contribution < -0.4 is 10.6 Å². The summed E-state index contributed by atoms with van der Waals surface area (Å²) < 4.78 is 25.9. The number of fused-ring (bicyclic) bond motifs is 1. The lowest BCUT2D eigenvalue weighted by atomic mass is 10.1. The molecule has 2 aromatic carbocycles. The molecule has 0 spiro atoms. The Hall–Kier alpha value is -3.20. The summed E-state index contributed by atoms with van der Waals surface area (Å²) in [6.45, 7) is 4.39. The van der Waals surface area contributed by atoms with Crippen molar-refractivity contribution in [2.75, 3.05) is 18.4 Å². The van der Waals surface area contributed by atoms with Gasteiger partial charge >= 0.3 is 0 Å². The first-order valence-electron chi connectivity index (χ1n) is 10.0. The molecule has 0 fully saturated rings. The second kappa shape index (κ2) is 9.30. The molecule has 9 heteroatoms. The highest BCUT2D eigenvalue weighted by Crippen LogP contribution is 2.30. The van der Waals surface area contributed by atoms with Crippen molar-refractivity contribution in [1.82, 2.24) is 9.62 Å². The Labute approximate surface area is 181 Å². The number of rotatable bonds is 8. The molecule has 1 aliphatic heterocycles. The van der Waals surface area contributed by atoms with Gasteiger partial charge in [0.1, 0.15) is 4.90 Å².